The van der Waals surface area contributed by atoms with E-state index in [0.717, 1.165) is 5.69 Å². The maximum Gasteiger partial charge on any atom is 0.221 e. The molecule has 0 aliphatic heterocycles. The number of anilines is 2. The highest BCUT2D eigenvalue weighted by Crippen LogP contribution is 2.32. The van der Waals surface area contributed by atoms with Gasteiger partial charge in [0.05, 0.1) is 12.8 Å². The summed E-state index contributed by atoms with van der Waals surface area (Å²) in [7, 11) is 1.61. The molecule has 0 radical (unpaired) electrons. The molecule has 0 heterocycles. The quantitative estimate of drug-likeness (QED) is 0.875. The molecule has 1 fully saturated rings. The molecule has 1 aromatic carbocycles. The Kier molecular flexibility index (Phi) is 4.30. The van der Waals surface area contributed by atoms with Gasteiger partial charge in [0, 0.05) is 24.7 Å². The molecule has 0 saturated heterocycles. The number of carbonyl (C=O) groups excluding carboxylic acids is 1. The molecule has 1 aliphatic carbocycles. The first-order valence-electron chi connectivity index (χ1n) is 6.82. The van der Waals surface area contributed by atoms with Crippen molar-refractivity contribution < 1.29 is 9.53 Å². The lowest BCUT2D eigenvalue weighted by atomic mass is 10.1. The average Bonchev–Trinajstić information content (AvgIpc) is 2.76. The molecule has 19 heavy (non-hydrogen) atoms. The van der Waals surface area contributed by atoms with Crippen molar-refractivity contribution in [1.82, 2.24) is 0 Å². The topological polar surface area (TPSA) is 50.4 Å². The van der Waals surface area contributed by atoms with Gasteiger partial charge in [-0.1, -0.05) is 13.3 Å². The number of nitrogens with one attached hydrogen (secondary N) is 2. The van der Waals surface area contributed by atoms with Gasteiger partial charge in [-0.05, 0) is 30.9 Å². The Morgan fingerprint density at radius 2 is 2.16 bits per heavy atom. The smallest absolute Gasteiger partial charge is 0.221 e. The highest BCUT2D eigenvalue weighted by atomic mass is 16.5. The van der Waals surface area contributed by atoms with Crippen molar-refractivity contribution in [3.8, 4) is 5.75 Å². The second-order valence-corrected chi connectivity index (χ2v) is 5.26. The number of benzene rings is 1. The van der Waals surface area contributed by atoms with Crippen LogP contribution >= 0.6 is 0 Å². The Morgan fingerprint density at radius 3 is 2.74 bits per heavy atom. The molecular weight excluding hydrogens is 240 g/mol. The van der Waals surface area contributed by atoms with Crippen LogP contribution in [0.2, 0.25) is 0 Å². The first-order chi connectivity index (χ1) is 9.10. The Hall–Kier alpha value is -1.71. The van der Waals surface area contributed by atoms with Gasteiger partial charge >= 0.3 is 0 Å². The van der Waals surface area contributed by atoms with Gasteiger partial charge in [0.25, 0.3) is 0 Å². The minimum atomic E-state index is -0.0941. The number of rotatable bonds is 4. The van der Waals surface area contributed by atoms with E-state index in [-0.39, 0.29) is 5.91 Å². The second kappa shape index (κ2) is 5.95. The average molecular weight is 262 g/mol. The number of hydrogen-bond acceptors (Lipinski definition) is 3. The van der Waals surface area contributed by atoms with Crippen LogP contribution in [0.3, 0.4) is 0 Å². The zero-order valence-electron chi connectivity index (χ0n) is 11.8. The molecule has 1 aliphatic rings. The second-order valence-electron chi connectivity index (χ2n) is 5.26. The predicted octanol–water partition coefficient (Wildman–Crippen LogP) is 3.25. The normalized spacial score (nSPS) is 22.1. The maximum atomic E-state index is 11.1. The molecule has 0 aromatic heterocycles. The molecule has 104 valence electrons. The lowest BCUT2D eigenvalue weighted by Gasteiger charge is -2.20. The molecule has 0 bridgehead atoms. The van der Waals surface area contributed by atoms with Gasteiger partial charge in [-0.25, -0.2) is 0 Å². The number of carbonyl (C=O) groups is 1. The zero-order valence-corrected chi connectivity index (χ0v) is 11.8. The fourth-order valence-electron chi connectivity index (χ4n) is 2.65. The Bertz CT molecular complexity index is 459. The van der Waals surface area contributed by atoms with E-state index in [9.17, 15) is 4.79 Å². The van der Waals surface area contributed by atoms with Gasteiger partial charge in [-0.15, -0.1) is 0 Å². The third-order valence-corrected chi connectivity index (χ3v) is 3.73. The van der Waals surface area contributed by atoms with E-state index < -0.39 is 0 Å². The Morgan fingerprint density at radius 1 is 1.37 bits per heavy atom. The van der Waals surface area contributed by atoms with Crippen LogP contribution in [0, 0.1) is 5.92 Å². The van der Waals surface area contributed by atoms with Gasteiger partial charge in [0.15, 0.2) is 0 Å². The van der Waals surface area contributed by atoms with Crippen LogP contribution in [0.25, 0.3) is 0 Å². The predicted molar refractivity (Wildman–Crippen MR) is 77.7 cm³/mol. The molecule has 2 rings (SSSR count). The molecule has 1 saturated carbocycles. The first-order valence-corrected chi connectivity index (χ1v) is 6.82. The first kappa shape index (κ1) is 13.7. The van der Waals surface area contributed by atoms with Crippen LogP contribution in [-0.2, 0) is 4.79 Å². The number of amides is 1. The Balaban J connectivity index is 2.12. The van der Waals surface area contributed by atoms with Gasteiger partial charge in [-0.3, -0.25) is 4.79 Å². The number of hydrogen-bond donors (Lipinski definition) is 2. The summed E-state index contributed by atoms with van der Waals surface area (Å²) in [5.41, 5.74) is 1.75. The molecule has 1 amide bonds. The number of methoxy groups -OCH3 is 1. The van der Waals surface area contributed by atoms with E-state index >= 15 is 0 Å². The third-order valence-electron chi connectivity index (χ3n) is 3.73. The van der Waals surface area contributed by atoms with Gasteiger partial charge in [0.1, 0.15) is 5.75 Å². The van der Waals surface area contributed by atoms with Crippen molar-refractivity contribution in [3.63, 3.8) is 0 Å². The van der Waals surface area contributed by atoms with Crippen molar-refractivity contribution in [2.24, 2.45) is 5.92 Å². The SMILES string of the molecule is COc1cc(NC2CCCC2C)ccc1NC(C)=O. The molecule has 2 unspecified atom stereocenters. The van der Waals surface area contributed by atoms with Gasteiger partial charge < -0.3 is 15.4 Å². The highest BCUT2D eigenvalue weighted by molar-refractivity contribution is 5.90. The van der Waals surface area contributed by atoms with Crippen LogP contribution in [0.4, 0.5) is 11.4 Å². The van der Waals surface area contributed by atoms with Crippen LogP contribution in [-0.4, -0.2) is 19.1 Å². The highest BCUT2D eigenvalue weighted by Gasteiger charge is 2.23. The molecule has 0 spiro atoms. The van der Waals surface area contributed by atoms with Crippen molar-refractivity contribution in [2.75, 3.05) is 17.7 Å². The monoisotopic (exact) mass is 262 g/mol. The summed E-state index contributed by atoms with van der Waals surface area (Å²) in [5, 5.41) is 6.32. The van der Waals surface area contributed by atoms with Crippen LogP contribution in [0.15, 0.2) is 18.2 Å². The van der Waals surface area contributed by atoms with Gasteiger partial charge in [-0.2, -0.15) is 0 Å². The van der Waals surface area contributed by atoms with E-state index in [1.807, 2.05) is 18.2 Å². The summed E-state index contributed by atoms with van der Waals surface area (Å²) in [5.74, 6) is 1.30. The van der Waals surface area contributed by atoms with Crippen molar-refractivity contribution in [1.29, 1.82) is 0 Å². The molecule has 2 atom stereocenters. The zero-order chi connectivity index (χ0) is 13.8. The van der Waals surface area contributed by atoms with Crippen LogP contribution in [0.5, 0.6) is 5.75 Å². The minimum Gasteiger partial charge on any atom is -0.494 e. The van der Waals surface area contributed by atoms with E-state index in [4.69, 9.17) is 4.74 Å². The van der Waals surface area contributed by atoms with Crippen molar-refractivity contribution in [2.45, 2.75) is 39.2 Å². The van der Waals surface area contributed by atoms with E-state index in [1.54, 1.807) is 7.11 Å². The number of ether oxygens (including phenoxy) is 1. The largest absolute Gasteiger partial charge is 0.494 e. The molecule has 4 nitrogen and oxygen atoms in total. The molecular formula is C15H22N2O2. The van der Waals surface area contributed by atoms with E-state index in [2.05, 4.69) is 17.6 Å². The molecule has 2 N–H and O–H groups in total. The summed E-state index contributed by atoms with van der Waals surface area (Å²) in [6.45, 7) is 3.78. The summed E-state index contributed by atoms with van der Waals surface area (Å²) < 4.78 is 5.32. The van der Waals surface area contributed by atoms with Crippen molar-refractivity contribution in [3.05, 3.63) is 18.2 Å². The fourth-order valence-corrected chi connectivity index (χ4v) is 2.65. The fraction of sp³-hybridized carbons (Fsp3) is 0.533. The van der Waals surface area contributed by atoms with Crippen LogP contribution in [0.1, 0.15) is 33.1 Å². The third kappa shape index (κ3) is 3.40. The van der Waals surface area contributed by atoms with E-state index in [0.29, 0.717) is 23.4 Å². The van der Waals surface area contributed by atoms with Crippen molar-refractivity contribution >= 4 is 17.3 Å². The maximum absolute atomic E-state index is 11.1. The summed E-state index contributed by atoms with van der Waals surface area (Å²) >= 11 is 0. The standard InChI is InChI=1S/C15H22N2O2/c1-10-5-4-6-13(10)17-12-7-8-14(16-11(2)18)15(9-12)19-3/h7-10,13,17H,4-6H2,1-3H3,(H,16,18). The lowest BCUT2D eigenvalue weighted by molar-refractivity contribution is -0.114. The summed E-state index contributed by atoms with van der Waals surface area (Å²) in [4.78, 5) is 11.1. The van der Waals surface area contributed by atoms with E-state index in [1.165, 1.54) is 26.2 Å². The summed E-state index contributed by atoms with van der Waals surface area (Å²) in [6.07, 6.45) is 3.80. The Labute approximate surface area is 114 Å². The molecule has 4 heteroatoms. The summed E-state index contributed by atoms with van der Waals surface area (Å²) in [6, 6.07) is 6.34. The minimum absolute atomic E-state index is 0.0941. The van der Waals surface area contributed by atoms with Crippen LogP contribution < -0.4 is 15.4 Å². The van der Waals surface area contributed by atoms with Gasteiger partial charge in [0.2, 0.25) is 5.91 Å². The lowest BCUT2D eigenvalue weighted by Crippen LogP contribution is -2.21. The molecule has 1 aromatic rings.